The molecule has 2 heterocycles. The van der Waals surface area contributed by atoms with E-state index in [9.17, 15) is 9.59 Å². The Morgan fingerprint density at radius 1 is 1.00 bits per heavy atom. The fourth-order valence-electron chi connectivity index (χ4n) is 3.79. The quantitative estimate of drug-likeness (QED) is 0.478. The molecule has 0 spiro atoms. The van der Waals surface area contributed by atoms with Crippen LogP contribution in [-0.2, 0) is 17.8 Å². The number of amides is 3. The molecule has 1 fully saturated rings. The number of aromatic nitrogens is 2. The van der Waals surface area contributed by atoms with Gasteiger partial charge in [0, 0.05) is 5.56 Å². The molecule has 0 aliphatic carbocycles. The van der Waals surface area contributed by atoms with Gasteiger partial charge in [0.05, 0.1) is 21.3 Å². The first-order chi connectivity index (χ1) is 16.4. The Bertz CT molecular complexity index is 1190. The number of carbonyl (C=O) groups is 2. The SMILES string of the molecule is COc1ccc(CCC2(C)NC(=O)N(Cc3nc(-c4ccc(OC)c(OC)c4)no3)C2=O)cc1. The highest BCUT2D eigenvalue weighted by atomic mass is 16.5. The largest absolute Gasteiger partial charge is 0.497 e. The minimum Gasteiger partial charge on any atom is -0.497 e. The van der Waals surface area contributed by atoms with Gasteiger partial charge in [-0.3, -0.25) is 9.69 Å². The fraction of sp³-hybridized carbons (Fsp3) is 0.333. The van der Waals surface area contributed by atoms with Crippen molar-refractivity contribution in [1.82, 2.24) is 20.4 Å². The van der Waals surface area contributed by atoms with Crippen LogP contribution in [0, 0.1) is 0 Å². The van der Waals surface area contributed by atoms with E-state index in [-0.39, 0.29) is 18.3 Å². The molecule has 0 bridgehead atoms. The summed E-state index contributed by atoms with van der Waals surface area (Å²) in [7, 11) is 4.69. The average Bonchev–Trinajstić information content (AvgIpc) is 3.41. The number of imide groups is 1. The summed E-state index contributed by atoms with van der Waals surface area (Å²) in [6, 6.07) is 12.3. The number of ether oxygens (including phenoxy) is 3. The van der Waals surface area contributed by atoms with E-state index in [2.05, 4.69) is 15.5 Å². The van der Waals surface area contributed by atoms with Gasteiger partial charge in [0.1, 0.15) is 17.8 Å². The first-order valence-electron chi connectivity index (χ1n) is 10.7. The summed E-state index contributed by atoms with van der Waals surface area (Å²) in [5.41, 5.74) is 0.664. The number of nitrogens with one attached hydrogen (secondary N) is 1. The zero-order valence-electron chi connectivity index (χ0n) is 19.5. The van der Waals surface area contributed by atoms with Gasteiger partial charge < -0.3 is 24.1 Å². The van der Waals surface area contributed by atoms with E-state index in [0.29, 0.717) is 35.7 Å². The lowest BCUT2D eigenvalue weighted by molar-refractivity contribution is -0.131. The number of rotatable bonds is 9. The van der Waals surface area contributed by atoms with Crippen molar-refractivity contribution in [2.75, 3.05) is 21.3 Å². The maximum atomic E-state index is 13.1. The number of carbonyl (C=O) groups excluding carboxylic acids is 2. The highest BCUT2D eigenvalue weighted by Gasteiger charge is 2.47. The molecular weight excluding hydrogens is 440 g/mol. The second-order valence-electron chi connectivity index (χ2n) is 8.08. The highest BCUT2D eigenvalue weighted by Crippen LogP contribution is 2.31. The Morgan fingerprint density at radius 3 is 2.41 bits per heavy atom. The van der Waals surface area contributed by atoms with Crippen molar-refractivity contribution in [2.45, 2.75) is 31.8 Å². The molecule has 3 aromatic rings. The van der Waals surface area contributed by atoms with Gasteiger partial charge in [-0.2, -0.15) is 4.98 Å². The smallest absolute Gasteiger partial charge is 0.325 e. The van der Waals surface area contributed by atoms with Crippen molar-refractivity contribution in [3.8, 4) is 28.6 Å². The number of urea groups is 1. The summed E-state index contributed by atoms with van der Waals surface area (Å²) in [4.78, 5) is 31.1. The van der Waals surface area contributed by atoms with Crippen LogP contribution in [0.2, 0.25) is 0 Å². The number of hydrogen-bond acceptors (Lipinski definition) is 8. The Morgan fingerprint density at radius 2 is 1.74 bits per heavy atom. The highest BCUT2D eigenvalue weighted by molar-refractivity contribution is 6.06. The predicted molar refractivity (Wildman–Crippen MR) is 122 cm³/mol. The Balaban J connectivity index is 1.44. The van der Waals surface area contributed by atoms with Gasteiger partial charge in [0.25, 0.3) is 5.91 Å². The zero-order valence-corrected chi connectivity index (χ0v) is 19.5. The van der Waals surface area contributed by atoms with E-state index in [1.807, 2.05) is 24.3 Å². The zero-order chi connectivity index (χ0) is 24.3. The van der Waals surface area contributed by atoms with E-state index in [0.717, 1.165) is 16.2 Å². The summed E-state index contributed by atoms with van der Waals surface area (Å²) in [6.45, 7) is 1.60. The molecule has 2 aromatic carbocycles. The molecule has 10 nitrogen and oxygen atoms in total. The lowest BCUT2D eigenvalue weighted by Crippen LogP contribution is -2.44. The Hall–Kier alpha value is -4.08. The van der Waals surface area contributed by atoms with E-state index >= 15 is 0 Å². The second-order valence-corrected chi connectivity index (χ2v) is 8.08. The molecule has 1 atom stereocenters. The standard InChI is InChI=1S/C24H26N4O6/c1-24(12-11-15-5-8-17(31-2)9-6-15)22(29)28(23(30)26-24)14-20-25-21(27-34-20)16-7-10-18(32-3)19(13-16)33-4/h5-10,13H,11-12,14H2,1-4H3,(H,26,30). The van der Waals surface area contributed by atoms with Crippen molar-refractivity contribution in [1.29, 1.82) is 0 Å². The monoisotopic (exact) mass is 466 g/mol. The number of hydrogen-bond donors (Lipinski definition) is 1. The molecule has 1 aliphatic heterocycles. The third-order valence-corrected chi connectivity index (χ3v) is 5.82. The first kappa shape index (κ1) is 23.1. The van der Waals surface area contributed by atoms with Crippen LogP contribution < -0.4 is 19.5 Å². The molecule has 1 aliphatic rings. The number of aryl methyl sites for hydroxylation is 1. The van der Waals surface area contributed by atoms with Gasteiger partial charge in [-0.05, 0) is 55.7 Å². The third-order valence-electron chi connectivity index (χ3n) is 5.82. The van der Waals surface area contributed by atoms with Crippen molar-refractivity contribution in [3.63, 3.8) is 0 Å². The van der Waals surface area contributed by atoms with Gasteiger partial charge in [-0.15, -0.1) is 0 Å². The van der Waals surface area contributed by atoms with Crippen LogP contribution >= 0.6 is 0 Å². The van der Waals surface area contributed by atoms with Gasteiger partial charge in [0.2, 0.25) is 11.7 Å². The molecule has 0 saturated carbocycles. The number of benzene rings is 2. The molecule has 34 heavy (non-hydrogen) atoms. The van der Waals surface area contributed by atoms with Crippen LogP contribution in [0.5, 0.6) is 17.2 Å². The molecule has 1 aromatic heterocycles. The van der Waals surface area contributed by atoms with E-state index in [1.54, 1.807) is 39.3 Å². The molecule has 1 unspecified atom stereocenters. The minimum absolute atomic E-state index is 0.122. The first-order valence-corrected chi connectivity index (χ1v) is 10.7. The van der Waals surface area contributed by atoms with Crippen molar-refractivity contribution >= 4 is 11.9 Å². The van der Waals surface area contributed by atoms with Crippen LogP contribution in [-0.4, -0.2) is 53.8 Å². The normalized spacial score (nSPS) is 17.6. The van der Waals surface area contributed by atoms with E-state index < -0.39 is 11.6 Å². The van der Waals surface area contributed by atoms with Crippen molar-refractivity contribution in [2.24, 2.45) is 0 Å². The fourth-order valence-corrected chi connectivity index (χ4v) is 3.79. The van der Waals surface area contributed by atoms with Gasteiger partial charge in [-0.25, -0.2) is 4.79 Å². The Kier molecular flexibility index (Phi) is 6.40. The average molecular weight is 466 g/mol. The number of methoxy groups -OCH3 is 3. The summed E-state index contributed by atoms with van der Waals surface area (Å²) >= 11 is 0. The van der Waals surface area contributed by atoms with Crippen LogP contribution in [0.4, 0.5) is 4.79 Å². The molecule has 0 radical (unpaired) electrons. The lowest BCUT2D eigenvalue weighted by atomic mass is 9.93. The van der Waals surface area contributed by atoms with Crippen LogP contribution in [0.1, 0.15) is 24.8 Å². The van der Waals surface area contributed by atoms with E-state index in [4.69, 9.17) is 18.7 Å². The summed E-state index contributed by atoms with van der Waals surface area (Å²) in [5, 5.41) is 6.78. The summed E-state index contributed by atoms with van der Waals surface area (Å²) < 4.78 is 21.0. The second kappa shape index (κ2) is 9.42. The minimum atomic E-state index is -1.02. The molecule has 10 heteroatoms. The lowest BCUT2D eigenvalue weighted by Gasteiger charge is -2.21. The summed E-state index contributed by atoms with van der Waals surface area (Å²) in [6.07, 6.45) is 1.06. The Labute approximate surface area is 196 Å². The third kappa shape index (κ3) is 4.52. The van der Waals surface area contributed by atoms with Crippen molar-refractivity contribution < 1.29 is 28.3 Å². The number of nitrogens with zero attached hydrogens (tertiary/aromatic N) is 3. The van der Waals surface area contributed by atoms with Gasteiger partial charge in [-0.1, -0.05) is 17.3 Å². The topological polar surface area (TPSA) is 116 Å². The molecule has 1 N–H and O–H groups in total. The molecule has 178 valence electrons. The molecular formula is C24H26N4O6. The van der Waals surface area contributed by atoms with E-state index in [1.165, 1.54) is 7.11 Å². The molecule has 3 amide bonds. The van der Waals surface area contributed by atoms with Gasteiger partial charge >= 0.3 is 6.03 Å². The van der Waals surface area contributed by atoms with Crippen LogP contribution in [0.3, 0.4) is 0 Å². The van der Waals surface area contributed by atoms with Gasteiger partial charge in [0.15, 0.2) is 11.5 Å². The van der Waals surface area contributed by atoms with Crippen molar-refractivity contribution in [3.05, 3.63) is 53.9 Å². The summed E-state index contributed by atoms with van der Waals surface area (Å²) in [5.74, 6) is 1.98. The van der Waals surface area contributed by atoms with Crippen LogP contribution in [0.25, 0.3) is 11.4 Å². The maximum absolute atomic E-state index is 13.1. The molecule has 4 rings (SSSR count). The molecule has 1 saturated heterocycles. The predicted octanol–water partition coefficient (Wildman–Crippen LogP) is 3.21. The van der Waals surface area contributed by atoms with Crippen LogP contribution in [0.15, 0.2) is 47.0 Å². The maximum Gasteiger partial charge on any atom is 0.325 e.